The van der Waals surface area contributed by atoms with Crippen molar-refractivity contribution in [3.8, 4) is 0 Å². The second-order valence-corrected chi connectivity index (χ2v) is 10.5. The fourth-order valence-corrected chi connectivity index (χ4v) is 4.28. The molecule has 0 aliphatic heterocycles. The number of aryl methyl sites for hydroxylation is 1. The lowest BCUT2D eigenvalue weighted by atomic mass is 10.1. The Morgan fingerprint density at radius 3 is 2.35 bits per heavy atom. The number of nitrogens with zero attached hydrogens (tertiary/aromatic N) is 2. The average Bonchev–Trinajstić information content (AvgIpc) is 2.77. The molecule has 0 fully saturated rings. The maximum Gasteiger partial charge on any atom is 0.244 e. The Kier molecular flexibility index (Phi) is 9.88. The number of sulfonamides is 1. The molecule has 34 heavy (non-hydrogen) atoms. The first-order valence-corrected chi connectivity index (χ1v) is 13.2. The summed E-state index contributed by atoms with van der Waals surface area (Å²) in [6.45, 7) is 5.57. The van der Waals surface area contributed by atoms with Gasteiger partial charge in [0, 0.05) is 13.1 Å². The standard InChI is InChI=1S/C24H31ClFN3O4S/c1-5-6-13-27-24(31)18(3)28(15-19-9-7-17(2)8-10-19)23(30)16-29(34(4,32)33)20-11-12-22(26)21(25)14-20/h7-12,14,18H,5-6,13,15-16H2,1-4H3,(H,27,31). The number of anilines is 1. The van der Waals surface area contributed by atoms with Crippen LogP contribution in [0, 0.1) is 12.7 Å². The lowest BCUT2D eigenvalue weighted by molar-refractivity contribution is -0.139. The smallest absolute Gasteiger partial charge is 0.244 e. The van der Waals surface area contributed by atoms with Crippen molar-refractivity contribution in [1.29, 1.82) is 0 Å². The topological polar surface area (TPSA) is 86.8 Å². The molecule has 0 saturated carbocycles. The third-order valence-electron chi connectivity index (χ3n) is 5.34. The molecule has 0 spiro atoms. The zero-order valence-electron chi connectivity index (χ0n) is 19.8. The van der Waals surface area contributed by atoms with E-state index in [1.807, 2.05) is 38.1 Å². The van der Waals surface area contributed by atoms with E-state index in [1.54, 1.807) is 6.92 Å². The number of carbonyl (C=O) groups excluding carboxylic acids is 2. The van der Waals surface area contributed by atoms with Crippen molar-refractivity contribution in [2.45, 2.75) is 46.2 Å². The molecule has 10 heteroatoms. The van der Waals surface area contributed by atoms with E-state index in [-0.39, 0.29) is 23.2 Å². The predicted molar refractivity (Wildman–Crippen MR) is 133 cm³/mol. The van der Waals surface area contributed by atoms with Crippen molar-refractivity contribution in [2.24, 2.45) is 0 Å². The molecule has 0 heterocycles. The molecule has 0 radical (unpaired) electrons. The summed E-state index contributed by atoms with van der Waals surface area (Å²) in [6.07, 6.45) is 2.66. The molecule has 2 amide bonds. The van der Waals surface area contributed by atoms with Crippen LogP contribution in [-0.4, -0.2) is 50.5 Å². The Hall–Kier alpha value is -2.65. The Morgan fingerprint density at radius 1 is 1.15 bits per heavy atom. The molecule has 2 aromatic rings. The van der Waals surface area contributed by atoms with Gasteiger partial charge in [-0.05, 0) is 44.0 Å². The van der Waals surface area contributed by atoms with E-state index in [9.17, 15) is 22.4 Å². The number of unbranched alkanes of at least 4 members (excludes halogenated alkanes) is 1. The van der Waals surface area contributed by atoms with Gasteiger partial charge < -0.3 is 10.2 Å². The van der Waals surface area contributed by atoms with Crippen molar-refractivity contribution < 1.29 is 22.4 Å². The van der Waals surface area contributed by atoms with Crippen molar-refractivity contribution in [3.63, 3.8) is 0 Å². The van der Waals surface area contributed by atoms with Crippen LogP contribution < -0.4 is 9.62 Å². The van der Waals surface area contributed by atoms with Gasteiger partial charge in [0.05, 0.1) is 17.0 Å². The minimum atomic E-state index is -3.91. The number of amides is 2. The van der Waals surface area contributed by atoms with Gasteiger partial charge in [0.2, 0.25) is 21.8 Å². The van der Waals surface area contributed by atoms with Gasteiger partial charge in [0.25, 0.3) is 0 Å². The van der Waals surface area contributed by atoms with E-state index in [0.29, 0.717) is 6.54 Å². The van der Waals surface area contributed by atoms with Crippen LogP contribution in [0.2, 0.25) is 5.02 Å². The Morgan fingerprint density at radius 2 is 1.79 bits per heavy atom. The van der Waals surface area contributed by atoms with Crippen LogP contribution in [0.15, 0.2) is 42.5 Å². The quantitative estimate of drug-likeness (QED) is 0.464. The number of halogens is 2. The summed E-state index contributed by atoms with van der Waals surface area (Å²) in [5.41, 5.74) is 1.89. The van der Waals surface area contributed by atoms with Gasteiger partial charge in [-0.2, -0.15) is 0 Å². The molecule has 186 valence electrons. The first-order chi connectivity index (χ1) is 15.9. The molecular formula is C24H31ClFN3O4S. The molecule has 1 N–H and O–H groups in total. The normalized spacial score (nSPS) is 12.2. The molecule has 7 nitrogen and oxygen atoms in total. The third kappa shape index (κ3) is 7.70. The van der Waals surface area contributed by atoms with Crippen LogP contribution in [-0.2, 0) is 26.2 Å². The highest BCUT2D eigenvalue weighted by molar-refractivity contribution is 7.92. The maximum absolute atomic E-state index is 13.6. The fourth-order valence-electron chi connectivity index (χ4n) is 3.26. The molecule has 0 saturated heterocycles. The van der Waals surface area contributed by atoms with E-state index >= 15 is 0 Å². The van der Waals surface area contributed by atoms with E-state index in [1.165, 1.54) is 11.0 Å². The fraction of sp³-hybridized carbons (Fsp3) is 0.417. The van der Waals surface area contributed by atoms with Crippen LogP contribution in [0.1, 0.15) is 37.8 Å². The molecule has 2 rings (SSSR count). The lowest BCUT2D eigenvalue weighted by Crippen LogP contribution is -2.51. The summed E-state index contributed by atoms with van der Waals surface area (Å²) in [7, 11) is -3.91. The highest BCUT2D eigenvalue weighted by Gasteiger charge is 2.30. The van der Waals surface area contributed by atoms with Crippen LogP contribution in [0.4, 0.5) is 10.1 Å². The van der Waals surface area contributed by atoms with Crippen LogP contribution >= 0.6 is 11.6 Å². The molecule has 0 aliphatic rings. The second kappa shape index (κ2) is 12.2. The minimum Gasteiger partial charge on any atom is -0.354 e. The number of hydrogen-bond acceptors (Lipinski definition) is 4. The molecular weight excluding hydrogens is 481 g/mol. The lowest BCUT2D eigenvalue weighted by Gasteiger charge is -2.31. The number of rotatable bonds is 11. The van der Waals surface area contributed by atoms with Gasteiger partial charge >= 0.3 is 0 Å². The van der Waals surface area contributed by atoms with E-state index < -0.39 is 34.3 Å². The van der Waals surface area contributed by atoms with Crippen molar-refractivity contribution in [2.75, 3.05) is 23.7 Å². The first kappa shape index (κ1) is 27.6. The van der Waals surface area contributed by atoms with Gasteiger partial charge in [0.1, 0.15) is 18.4 Å². The average molecular weight is 512 g/mol. The highest BCUT2D eigenvalue weighted by Crippen LogP contribution is 2.25. The van der Waals surface area contributed by atoms with Gasteiger partial charge in [-0.3, -0.25) is 13.9 Å². The monoisotopic (exact) mass is 511 g/mol. The van der Waals surface area contributed by atoms with Gasteiger partial charge in [-0.1, -0.05) is 54.8 Å². The maximum atomic E-state index is 13.6. The van der Waals surface area contributed by atoms with Crippen molar-refractivity contribution in [1.82, 2.24) is 10.2 Å². The Labute approximate surface area is 205 Å². The summed E-state index contributed by atoms with van der Waals surface area (Å²) in [5, 5.41) is 2.55. The number of carbonyl (C=O) groups is 2. The van der Waals surface area contributed by atoms with Gasteiger partial charge in [0.15, 0.2) is 0 Å². The zero-order chi connectivity index (χ0) is 25.5. The Balaban J connectivity index is 2.35. The third-order valence-corrected chi connectivity index (χ3v) is 6.77. The molecule has 1 atom stereocenters. The first-order valence-electron chi connectivity index (χ1n) is 11.0. The Bertz CT molecular complexity index is 1110. The highest BCUT2D eigenvalue weighted by atomic mass is 35.5. The van der Waals surface area contributed by atoms with Crippen LogP contribution in [0.5, 0.6) is 0 Å². The molecule has 0 bridgehead atoms. The van der Waals surface area contributed by atoms with Crippen molar-refractivity contribution >= 4 is 39.1 Å². The summed E-state index contributed by atoms with van der Waals surface area (Å²) >= 11 is 5.83. The summed E-state index contributed by atoms with van der Waals surface area (Å²) in [5.74, 6) is -1.61. The summed E-state index contributed by atoms with van der Waals surface area (Å²) < 4.78 is 39.5. The van der Waals surface area contributed by atoms with Crippen LogP contribution in [0.25, 0.3) is 0 Å². The molecule has 1 unspecified atom stereocenters. The second-order valence-electron chi connectivity index (χ2n) is 8.20. The molecule has 2 aromatic carbocycles. The largest absolute Gasteiger partial charge is 0.354 e. The number of hydrogen-bond donors (Lipinski definition) is 1. The number of nitrogens with one attached hydrogen (secondary N) is 1. The molecule has 0 aliphatic carbocycles. The molecule has 0 aromatic heterocycles. The predicted octanol–water partition coefficient (Wildman–Crippen LogP) is 3.89. The SMILES string of the molecule is CCCCNC(=O)C(C)N(Cc1ccc(C)cc1)C(=O)CN(c1ccc(F)c(Cl)c1)S(C)(=O)=O. The zero-order valence-corrected chi connectivity index (χ0v) is 21.4. The summed E-state index contributed by atoms with van der Waals surface area (Å²) in [6, 6.07) is 10.1. The van der Waals surface area contributed by atoms with Crippen molar-refractivity contribution in [3.05, 3.63) is 64.4 Å². The van der Waals surface area contributed by atoms with E-state index in [2.05, 4.69) is 5.32 Å². The van der Waals surface area contributed by atoms with Gasteiger partial charge in [-0.15, -0.1) is 0 Å². The van der Waals surface area contributed by atoms with Gasteiger partial charge in [-0.25, -0.2) is 12.8 Å². The summed E-state index contributed by atoms with van der Waals surface area (Å²) in [4.78, 5) is 27.5. The number of benzene rings is 2. The van der Waals surface area contributed by atoms with Crippen LogP contribution in [0.3, 0.4) is 0 Å². The van der Waals surface area contributed by atoms with E-state index in [0.717, 1.165) is 46.7 Å². The minimum absolute atomic E-state index is 0.0533. The van der Waals surface area contributed by atoms with E-state index in [4.69, 9.17) is 11.6 Å².